The number of nitrogens with zero attached hydrogens (tertiary/aromatic N) is 2. The molecule has 1 aromatic heterocycles. The van der Waals surface area contributed by atoms with Crippen molar-refractivity contribution in [3.63, 3.8) is 0 Å². The molecule has 3 aromatic rings. The number of amides is 1. The van der Waals surface area contributed by atoms with Gasteiger partial charge in [0, 0.05) is 35.6 Å². The summed E-state index contributed by atoms with van der Waals surface area (Å²) >= 11 is -1.62. The Morgan fingerprint density at radius 3 is 2.59 bits per heavy atom. The number of halogens is 1. The standard InChI is InChI=1S/C20H18FN5O2S/c21-16-9-12(5-6-14(16)13-10-24-20(22)25-11-13)15-3-1-2-4-18(15)29(28)26-17-7-8-23-19(17)27/h1-6,9-11,17,26H,7-8H2,(H,23,27)(H2,22,24,25). The minimum Gasteiger partial charge on any atom is -0.593 e. The van der Waals surface area contributed by atoms with Crippen LogP contribution in [0.5, 0.6) is 0 Å². The van der Waals surface area contributed by atoms with E-state index in [2.05, 4.69) is 20.0 Å². The average molecular weight is 411 g/mol. The van der Waals surface area contributed by atoms with Gasteiger partial charge in [-0.15, -0.1) is 4.72 Å². The lowest BCUT2D eigenvalue weighted by Crippen LogP contribution is -2.40. The van der Waals surface area contributed by atoms with Crippen LogP contribution in [0.1, 0.15) is 6.42 Å². The molecule has 0 spiro atoms. The number of nitrogens with one attached hydrogen (secondary N) is 2. The van der Waals surface area contributed by atoms with Gasteiger partial charge in [0.15, 0.2) is 4.90 Å². The lowest BCUT2D eigenvalue weighted by Gasteiger charge is -2.17. The molecule has 2 aromatic carbocycles. The number of carbonyl (C=O) groups excluding carboxylic acids is 1. The van der Waals surface area contributed by atoms with Gasteiger partial charge in [0.05, 0.1) is 11.4 Å². The van der Waals surface area contributed by atoms with Gasteiger partial charge in [-0.25, -0.2) is 14.4 Å². The first-order chi connectivity index (χ1) is 14.0. The first-order valence-corrected chi connectivity index (χ1v) is 10.1. The molecule has 2 heterocycles. The van der Waals surface area contributed by atoms with Gasteiger partial charge in [-0.3, -0.25) is 4.79 Å². The van der Waals surface area contributed by atoms with Gasteiger partial charge in [0.1, 0.15) is 11.9 Å². The predicted octanol–water partition coefficient (Wildman–Crippen LogP) is 2.03. The quantitative estimate of drug-likeness (QED) is 0.553. The van der Waals surface area contributed by atoms with Crippen molar-refractivity contribution in [1.29, 1.82) is 0 Å². The van der Waals surface area contributed by atoms with Crippen molar-refractivity contribution in [2.75, 3.05) is 12.3 Å². The number of hydrogen-bond donors (Lipinski definition) is 3. The van der Waals surface area contributed by atoms with Crippen LogP contribution >= 0.6 is 0 Å². The number of rotatable bonds is 5. The maximum Gasteiger partial charge on any atom is 0.241 e. The summed E-state index contributed by atoms with van der Waals surface area (Å²) in [5.74, 6) is -0.512. The van der Waals surface area contributed by atoms with E-state index in [1.165, 1.54) is 18.5 Å². The molecule has 9 heteroatoms. The molecule has 0 aliphatic carbocycles. The number of anilines is 1. The molecule has 0 radical (unpaired) electrons. The van der Waals surface area contributed by atoms with Gasteiger partial charge in [-0.1, -0.05) is 24.3 Å². The van der Waals surface area contributed by atoms with Crippen molar-refractivity contribution in [2.24, 2.45) is 0 Å². The third-order valence-electron chi connectivity index (χ3n) is 4.65. The first-order valence-electron chi connectivity index (χ1n) is 8.95. The van der Waals surface area contributed by atoms with E-state index in [9.17, 15) is 13.7 Å². The molecule has 0 saturated carbocycles. The van der Waals surface area contributed by atoms with Crippen LogP contribution in [0.4, 0.5) is 10.3 Å². The SMILES string of the molecule is Nc1ncc(-c2ccc(-c3ccccc3[S+]([O-])NC3CCNC3=O)cc2F)cn1. The van der Waals surface area contributed by atoms with Gasteiger partial charge in [-0.05, 0) is 30.2 Å². The summed E-state index contributed by atoms with van der Waals surface area (Å²) in [4.78, 5) is 20.0. The van der Waals surface area contributed by atoms with Crippen molar-refractivity contribution >= 4 is 23.2 Å². The van der Waals surface area contributed by atoms with Crippen LogP contribution in [0, 0.1) is 5.82 Å². The van der Waals surface area contributed by atoms with Crippen molar-refractivity contribution in [1.82, 2.24) is 20.0 Å². The highest BCUT2D eigenvalue weighted by molar-refractivity contribution is 7.89. The zero-order valence-corrected chi connectivity index (χ0v) is 16.1. The van der Waals surface area contributed by atoms with E-state index in [0.717, 1.165) is 0 Å². The predicted molar refractivity (Wildman–Crippen MR) is 108 cm³/mol. The molecule has 4 N–H and O–H groups in total. The minimum absolute atomic E-state index is 0.116. The van der Waals surface area contributed by atoms with Crippen LogP contribution in [0.3, 0.4) is 0 Å². The number of hydrogen-bond acceptors (Lipinski definition) is 6. The fourth-order valence-electron chi connectivity index (χ4n) is 3.16. The normalized spacial score (nSPS) is 17.2. The Balaban J connectivity index is 1.64. The highest BCUT2D eigenvalue weighted by atomic mass is 32.2. The first kappa shape index (κ1) is 19.3. The van der Waals surface area contributed by atoms with E-state index in [1.54, 1.807) is 36.4 Å². The number of nitrogens with two attached hydrogens (primary N) is 1. The van der Waals surface area contributed by atoms with Crippen LogP contribution < -0.4 is 15.8 Å². The zero-order chi connectivity index (χ0) is 20.4. The summed E-state index contributed by atoms with van der Waals surface area (Å²) < 4.78 is 30.5. The summed E-state index contributed by atoms with van der Waals surface area (Å²) in [5.41, 5.74) is 7.52. The molecule has 29 heavy (non-hydrogen) atoms. The molecule has 148 valence electrons. The average Bonchev–Trinajstić information content (AvgIpc) is 3.13. The second kappa shape index (κ2) is 8.16. The highest BCUT2D eigenvalue weighted by Gasteiger charge is 2.30. The van der Waals surface area contributed by atoms with Crippen LogP contribution in [0.15, 0.2) is 59.8 Å². The van der Waals surface area contributed by atoms with Gasteiger partial charge < -0.3 is 15.6 Å². The molecular formula is C20H18FN5O2S. The lowest BCUT2D eigenvalue weighted by atomic mass is 10.0. The molecule has 0 bridgehead atoms. The van der Waals surface area contributed by atoms with E-state index in [0.29, 0.717) is 40.1 Å². The fourth-order valence-corrected chi connectivity index (χ4v) is 4.36. The Morgan fingerprint density at radius 1 is 1.14 bits per heavy atom. The maximum atomic E-state index is 14.8. The Hall–Kier alpha value is -3.01. The number of aromatic nitrogens is 2. The van der Waals surface area contributed by atoms with E-state index in [-0.39, 0.29) is 11.9 Å². The highest BCUT2D eigenvalue weighted by Crippen LogP contribution is 2.31. The Morgan fingerprint density at radius 2 is 1.90 bits per heavy atom. The molecule has 1 fully saturated rings. The van der Waals surface area contributed by atoms with Crippen LogP contribution in [0.2, 0.25) is 0 Å². The third-order valence-corrected chi connectivity index (χ3v) is 5.90. The van der Waals surface area contributed by atoms with Gasteiger partial charge in [-0.2, -0.15) is 0 Å². The van der Waals surface area contributed by atoms with Crippen molar-refractivity contribution in [3.05, 3.63) is 60.7 Å². The smallest absolute Gasteiger partial charge is 0.241 e. The van der Waals surface area contributed by atoms with Gasteiger partial charge in [0.25, 0.3) is 0 Å². The molecule has 2 atom stereocenters. The van der Waals surface area contributed by atoms with E-state index < -0.39 is 23.2 Å². The second-order valence-corrected chi connectivity index (χ2v) is 7.75. The second-order valence-electron chi connectivity index (χ2n) is 6.54. The Labute approximate surface area is 169 Å². The molecule has 1 saturated heterocycles. The van der Waals surface area contributed by atoms with E-state index in [4.69, 9.17) is 5.73 Å². The van der Waals surface area contributed by atoms with Crippen LogP contribution in [-0.4, -0.2) is 33.0 Å². The lowest BCUT2D eigenvalue weighted by molar-refractivity contribution is -0.120. The Bertz CT molecular complexity index is 1050. The Kier molecular flexibility index (Phi) is 5.43. The molecular weight excluding hydrogens is 393 g/mol. The summed E-state index contributed by atoms with van der Waals surface area (Å²) in [6.45, 7) is 0.552. The number of carbonyl (C=O) groups is 1. The molecule has 1 aliphatic heterocycles. The van der Waals surface area contributed by atoms with Crippen molar-refractivity contribution < 1.29 is 13.7 Å². The molecule has 7 nitrogen and oxygen atoms in total. The van der Waals surface area contributed by atoms with Gasteiger partial charge >= 0.3 is 0 Å². The molecule has 2 unspecified atom stereocenters. The van der Waals surface area contributed by atoms with E-state index >= 15 is 0 Å². The zero-order valence-electron chi connectivity index (χ0n) is 15.3. The topological polar surface area (TPSA) is 116 Å². The summed E-state index contributed by atoms with van der Waals surface area (Å²) in [7, 11) is 0. The molecule has 1 aliphatic rings. The summed E-state index contributed by atoms with van der Waals surface area (Å²) in [6, 6.07) is 11.2. The third kappa shape index (κ3) is 4.07. The summed E-state index contributed by atoms with van der Waals surface area (Å²) in [6.07, 6.45) is 3.49. The van der Waals surface area contributed by atoms with Crippen molar-refractivity contribution in [2.45, 2.75) is 17.4 Å². The monoisotopic (exact) mass is 411 g/mol. The fraction of sp³-hybridized carbons (Fsp3) is 0.150. The summed E-state index contributed by atoms with van der Waals surface area (Å²) in [5, 5.41) is 2.70. The van der Waals surface area contributed by atoms with Crippen LogP contribution in [0.25, 0.3) is 22.3 Å². The molecule has 4 rings (SSSR count). The largest absolute Gasteiger partial charge is 0.593 e. The van der Waals surface area contributed by atoms with Gasteiger partial charge in [0.2, 0.25) is 11.9 Å². The number of nitrogen functional groups attached to an aromatic ring is 1. The maximum absolute atomic E-state index is 14.8. The number of benzene rings is 2. The van der Waals surface area contributed by atoms with Crippen molar-refractivity contribution in [3.8, 4) is 22.3 Å². The van der Waals surface area contributed by atoms with E-state index in [1.807, 2.05) is 0 Å². The minimum atomic E-state index is -1.62. The van der Waals surface area contributed by atoms with Crippen LogP contribution in [-0.2, 0) is 16.2 Å². The molecule has 1 amide bonds.